The summed E-state index contributed by atoms with van der Waals surface area (Å²) in [7, 11) is 1.37. The van der Waals surface area contributed by atoms with Gasteiger partial charge >= 0.3 is 17.9 Å². The van der Waals surface area contributed by atoms with E-state index in [0.717, 1.165) is 5.56 Å². The second kappa shape index (κ2) is 14.0. The third-order valence-electron chi connectivity index (χ3n) is 3.25. The minimum absolute atomic E-state index is 0.00921. The molecule has 0 aliphatic rings. The van der Waals surface area contributed by atoms with Crippen LogP contribution < -0.4 is 0 Å². The number of aromatic carboxylic acids is 1. The summed E-state index contributed by atoms with van der Waals surface area (Å²) in [6.45, 7) is 7.85. The van der Waals surface area contributed by atoms with Crippen LogP contribution in [-0.2, 0) is 14.3 Å². The van der Waals surface area contributed by atoms with Crippen LogP contribution in [0.25, 0.3) is 0 Å². The molecule has 0 bridgehead atoms. The van der Waals surface area contributed by atoms with E-state index in [2.05, 4.69) is 9.47 Å². The average Bonchev–Trinajstić information content (AvgIpc) is 2.69. The number of hydrogen-bond acceptors (Lipinski definition) is 5. The van der Waals surface area contributed by atoms with E-state index in [1.807, 2.05) is 26.8 Å². The van der Waals surface area contributed by atoms with Gasteiger partial charge in [0.15, 0.2) is 0 Å². The van der Waals surface area contributed by atoms with Crippen molar-refractivity contribution < 1.29 is 29.0 Å². The molecule has 6 nitrogen and oxygen atoms in total. The Morgan fingerprint density at radius 1 is 0.929 bits per heavy atom. The average molecular weight is 388 g/mol. The van der Waals surface area contributed by atoms with Crippen molar-refractivity contribution in [3.63, 3.8) is 0 Å². The van der Waals surface area contributed by atoms with E-state index >= 15 is 0 Å². The van der Waals surface area contributed by atoms with Gasteiger partial charge in [-0.15, -0.1) is 0 Å². The van der Waals surface area contributed by atoms with E-state index in [9.17, 15) is 14.4 Å². The van der Waals surface area contributed by atoms with Crippen molar-refractivity contribution in [2.45, 2.75) is 27.7 Å². The molecule has 152 valence electrons. The maximum atomic E-state index is 10.8. The Bertz CT molecular complexity index is 720. The van der Waals surface area contributed by atoms with Crippen LogP contribution in [0.4, 0.5) is 0 Å². The van der Waals surface area contributed by atoms with Crippen LogP contribution in [0.1, 0.15) is 47.1 Å². The number of methoxy groups -OCH3 is 1. The van der Waals surface area contributed by atoms with Crippen LogP contribution in [0.3, 0.4) is 0 Å². The molecule has 0 atom stereocenters. The molecule has 28 heavy (non-hydrogen) atoms. The number of aryl methyl sites for hydroxylation is 1. The third-order valence-corrected chi connectivity index (χ3v) is 3.25. The Balaban J connectivity index is 0.000000394. The molecule has 1 N–H and O–H groups in total. The van der Waals surface area contributed by atoms with Gasteiger partial charge in [0.05, 0.1) is 30.8 Å². The third kappa shape index (κ3) is 10.8. The Hall–Kier alpha value is -3.15. The summed E-state index contributed by atoms with van der Waals surface area (Å²) in [5.74, 6) is -1.27. The smallest absolute Gasteiger partial charge is 0.337 e. The molecule has 0 heterocycles. The van der Waals surface area contributed by atoms with Crippen molar-refractivity contribution in [1.82, 2.24) is 0 Å². The Labute approximate surface area is 166 Å². The maximum Gasteiger partial charge on any atom is 0.337 e. The fraction of sp³-hybridized carbons (Fsp3) is 0.318. The standard InChI is InChI=1S/2C8H8O2.C6H12O2/c1-6-2-4-7(5-3-6)8(9)10;1-10-8(9)7-5-3-2-4-6-7;1-4-8-6(7)5(2)3/h2-5H,1H3,(H,9,10);2-6H,1H3;5H,4H2,1-3H3. The lowest BCUT2D eigenvalue weighted by atomic mass is 10.2. The number of carbonyl (C=O) groups excluding carboxylic acids is 2. The first-order valence-electron chi connectivity index (χ1n) is 8.82. The van der Waals surface area contributed by atoms with Gasteiger partial charge in [-0.2, -0.15) is 0 Å². The fourth-order valence-corrected chi connectivity index (χ4v) is 1.70. The van der Waals surface area contributed by atoms with E-state index in [4.69, 9.17) is 5.11 Å². The summed E-state index contributed by atoms with van der Waals surface area (Å²) >= 11 is 0. The van der Waals surface area contributed by atoms with Gasteiger partial charge in [0.1, 0.15) is 0 Å². The Kier molecular flexibility index (Phi) is 12.4. The first kappa shape index (κ1) is 24.8. The molecule has 0 fully saturated rings. The topological polar surface area (TPSA) is 89.9 Å². The number of benzene rings is 2. The van der Waals surface area contributed by atoms with Crippen LogP contribution in [0.2, 0.25) is 0 Å². The normalized spacial score (nSPS) is 9.21. The summed E-state index contributed by atoms with van der Waals surface area (Å²) in [5, 5.41) is 8.48. The molecule has 0 aromatic heterocycles. The number of carboxylic acid groups (broad SMARTS) is 1. The predicted octanol–water partition coefficient (Wildman–Crippen LogP) is 4.37. The van der Waals surface area contributed by atoms with Gasteiger partial charge in [-0.25, -0.2) is 9.59 Å². The highest BCUT2D eigenvalue weighted by Crippen LogP contribution is 2.02. The van der Waals surface area contributed by atoms with E-state index < -0.39 is 5.97 Å². The monoisotopic (exact) mass is 388 g/mol. The predicted molar refractivity (Wildman–Crippen MR) is 107 cm³/mol. The SMILES string of the molecule is CCOC(=O)C(C)C.COC(=O)c1ccccc1.Cc1ccc(C(=O)O)cc1. The summed E-state index contributed by atoms with van der Waals surface area (Å²) in [4.78, 5) is 31.6. The second-order valence-electron chi connectivity index (χ2n) is 5.94. The van der Waals surface area contributed by atoms with E-state index in [0.29, 0.717) is 17.7 Å². The summed E-state index contributed by atoms with van der Waals surface area (Å²) in [6, 6.07) is 15.6. The summed E-state index contributed by atoms with van der Waals surface area (Å²) in [6.07, 6.45) is 0. The first-order valence-corrected chi connectivity index (χ1v) is 8.82. The Morgan fingerprint density at radius 2 is 1.46 bits per heavy atom. The molecule has 0 unspecified atom stereocenters. The second-order valence-corrected chi connectivity index (χ2v) is 5.94. The summed E-state index contributed by atoms with van der Waals surface area (Å²) < 4.78 is 9.16. The summed E-state index contributed by atoms with van der Waals surface area (Å²) in [5.41, 5.74) is 2.00. The van der Waals surface area contributed by atoms with Crippen LogP contribution in [0.5, 0.6) is 0 Å². The minimum Gasteiger partial charge on any atom is -0.478 e. The molecule has 0 aliphatic carbocycles. The largest absolute Gasteiger partial charge is 0.478 e. The minimum atomic E-state index is -0.875. The highest BCUT2D eigenvalue weighted by atomic mass is 16.5. The number of rotatable bonds is 4. The van der Waals surface area contributed by atoms with Gasteiger partial charge in [-0.1, -0.05) is 49.7 Å². The zero-order chi connectivity index (χ0) is 21.5. The van der Waals surface area contributed by atoms with Crippen molar-refractivity contribution in [1.29, 1.82) is 0 Å². The molecular formula is C22H28O6. The highest BCUT2D eigenvalue weighted by Gasteiger charge is 2.05. The van der Waals surface area contributed by atoms with Crippen LogP contribution in [-0.4, -0.2) is 36.7 Å². The molecule has 0 spiro atoms. The molecule has 0 saturated carbocycles. The van der Waals surface area contributed by atoms with Gasteiger partial charge in [-0.3, -0.25) is 4.79 Å². The number of esters is 2. The van der Waals surface area contributed by atoms with Crippen LogP contribution in [0.15, 0.2) is 54.6 Å². The highest BCUT2D eigenvalue weighted by molar-refractivity contribution is 5.89. The van der Waals surface area contributed by atoms with Crippen molar-refractivity contribution in [2.24, 2.45) is 5.92 Å². The van der Waals surface area contributed by atoms with E-state index in [1.165, 1.54) is 7.11 Å². The molecule has 0 radical (unpaired) electrons. The van der Waals surface area contributed by atoms with Gasteiger partial charge < -0.3 is 14.6 Å². The van der Waals surface area contributed by atoms with E-state index in [-0.39, 0.29) is 17.9 Å². The molecule has 0 aliphatic heterocycles. The zero-order valence-corrected chi connectivity index (χ0v) is 17.0. The maximum absolute atomic E-state index is 10.8. The van der Waals surface area contributed by atoms with Crippen molar-refractivity contribution in [3.05, 3.63) is 71.3 Å². The molecule has 2 aromatic carbocycles. The molecule has 2 aromatic rings. The lowest BCUT2D eigenvalue weighted by Crippen LogP contribution is -2.10. The van der Waals surface area contributed by atoms with Gasteiger partial charge in [0.2, 0.25) is 0 Å². The Morgan fingerprint density at radius 3 is 1.82 bits per heavy atom. The fourth-order valence-electron chi connectivity index (χ4n) is 1.70. The number of ether oxygens (including phenoxy) is 2. The van der Waals surface area contributed by atoms with Crippen molar-refractivity contribution in [2.75, 3.05) is 13.7 Å². The first-order chi connectivity index (χ1) is 13.2. The quantitative estimate of drug-likeness (QED) is 0.782. The lowest BCUT2D eigenvalue weighted by molar-refractivity contribution is -0.146. The lowest BCUT2D eigenvalue weighted by Gasteiger charge is -2.01. The van der Waals surface area contributed by atoms with Crippen LogP contribution in [0, 0.1) is 12.8 Å². The molecule has 2 rings (SSSR count). The molecular weight excluding hydrogens is 360 g/mol. The van der Waals surface area contributed by atoms with Gasteiger partial charge in [0, 0.05) is 0 Å². The zero-order valence-electron chi connectivity index (χ0n) is 17.0. The van der Waals surface area contributed by atoms with Crippen LogP contribution >= 0.6 is 0 Å². The number of carbonyl (C=O) groups is 3. The van der Waals surface area contributed by atoms with E-state index in [1.54, 1.807) is 55.5 Å². The van der Waals surface area contributed by atoms with Gasteiger partial charge in [0.25, 0.3) is 0 Å². The number of carboxylic acids is 1. The molecule has 0 saturated heterocycles. The molecule has 6 heteroatoms. The number of hydrogen-bond donors (Lipinski definition) is 1. The van der Waals surface area contributed by atoms with Gasteiger partial charge in [-0.05, 0) is 38.1 Å². The van der Waals surface area contributed by atoms with Crippen molar-refractivity contribution in [3.8, 4) is 0 Å². The van der Waals surface area contributed by atoms with Crippen molar-refractivity contribution >= 4 is 17.9 Å². The molecule has 0 amide bonds.